The molecule has 0 spiro atoms. The number of piperidine rings is 1. The number of rotatable bonds is 5. The fourth-order valence-electron chi connectivity index (χ4n) is 2.52. The summed E-state index contributed by atoms with van der Waals surface area (Å²) in [7, 11) is 1.50. The van der Waals surface area contributed by atoms with Gasteiger partial charge in [-0.25, -0.2) is 0 Å². The Morgan fingerprint density at radius 1 is 1.37 bits per heavy atom. The standard InChI is InChI=1S/C14H25NO4/c1-10(2)11(3)12(16)15-7-5-6-14(8-15,9-19-4)13(17)18/h10-11H,5-9H2,1-4H3,(H,17,18). The number of hydrogen-bond donors (Lipinski definition) is 1. The number of carbonyl (C=O) groups is 2. The maximum Gasteiger partial charge on any atom is 0.313 e. The summed E-state index contributed by atoms with van der Waals surface area (Å²) >= 11 is 0. The van der Waals surface area contributed by atoms with Crippen molar-refractivity contribution >= 4 is 11.9 Å². The zero-order valence-electron chi connectivity index (χ0n) is 12.3. The molecule has 1 aliphatic rings. The first-order valence-electron chi connectivity index (χ1n) is 6.85. The summed E-state index contributed by atoms with van der Waals surface area (Å²) in [5, 5.41) is 9.45. The Morgan fingerprint density at radius 2 is 2.00 bits per heavy atom. The van der Waals surface area contributed by atoms with Crippen molar-refractivity contribution in [3.8, 4) is 0 Å². The van der Waals surface area contributed by atoms with Crippen LogP contribution in [0.25, 0.3) is 0 Å². The van der Waals surface area contributed by atoms with Crippen molar-refractivity contribution in [2.75, 3.05) is 26.8 Å². The Balaban J connectivity index is 2.83. The van der Waals surface area contributed by atoms with Gasteiger partial charge < -0.3 is 14.7 Å². The van der Waals surface area contributed by atoms with Crippen LogP contribution >= 0.6 is 0 Å². The zero-order valence-corrected chi connectivity index (χ0v) is 12.3. The molecule has 1 N–H and O–H groups in total. The number of carboxylic acids is 1. The molecule has 1 saturated heterocycles. The minimum absolute atomic E-state index is 0.0522. The van der Waals surface area contributed by atoms with E-state index in [0.29, 0.717) is 19.4 Å². The van der Waals surface area contributed by atoms with Gasteiger partial charge in [-0.1, -0.05) is 20.8 Å². The molecule has 2 atom stereocenters. The fraction of sp³-hybridized carbons (Fsp3) is 0.857. The van der Waals surface area contributed by atoms with Crippen molar-refractivity contribution in [3.63, 3.8) is 0 Å². The minimum Gasteiger partial charge on any atom is -0.481 e. The Hall–Kier alpha value is -1.10. The van der Waals surface area contributed by atoms with Gasteiger partial charge in [0.05, 0.1) is 6.61 Å². The normalized spacial score (nSPS) is 25.4. The lowest BCUT2D eigenvalue weighted by Crippen LogP contribution is -2.53. The van der Waals surface area contributed by atoms with Crippen molar-refractivity contribution in [3.05, 3.63) is 0 Å². The largest absolute Gasteiger partial charge is 0.481 e. The molecule has 0 aromatic heterocycles. The van der Waals surface area contributed by atoms with Crippen molar-refractivity contribution in [2.24, 2.45) is 17.3 Å². The molecule has 0 aliphatic carbocycles. The van der Waals surface area contributed by atoms with Crippen molar-refractivity contribution in [2.45, 2.75) is 33.6 Å². The molecule has 0 aromatic rings. The minimum atomic E-state index is -0.945. The van der Waals surface area contributed by atoms with E-state index in [2.05, 4.69) is 0 Å². The maximum atomic E-state index is 12.3. The van der Waals surface area contributed by atoms with Gasteiger partial charge in [0.2, 0.25) is 5.91 Å². The molecule has 1 fully saturated rings. The van der Waals surface area contributed by atoms with Crippen LogP contribution in [0.1, 0.15) is 33.6 Å². The van der Waals surface area contributed by atoms with Gasteiger partial charge >= 0.3 is 5.97 Å². The second-order valence-corrected chi connectivity index (χ2v) is 5.91. The molecule has 0 aromatic carbocycles. The highest BCUT2D eigenvalue weighted by molar-refractivity contribution is 5.81. The number of nitrogens with zero attached hydrogens (tertiary/aromatic N) is 1. The summed E-state index contributed by atoms with van der Waals surface area (Å²) in [6, 6.07) is 0. The lowest BCUT2D eigenvalue weighted by molar-refractivity contribution is -0.160. The van der Waals surface area contributed by atoms with Crippen LogP contribution in [0.3, 0.4) is 0 Å². The van der Waals surface area contributed by atoms with Gasteiger partial charge in [-0.2, -0.15) is 0 Å². The molecular weight excluding hydrogens is 246 g/mol. The van der Waals surface area contributed by atoms with Gasteiger partial charge in [0.25, 0.3) is 0 Å². The molecule has 1 aliphatic heterocycles. The van der Waals surface area contributed by atoms with Crippen LogP contribution < -0.4 is 0 Å². The van der Waals surface area contributed by atoms with E-state index >= 15 is 0 Å². The predicted octanol–water partition coefficient (Wildman–Crippen LogP) is 1.62. The van der Waals surface area contributed by atoms with E-state index in [1.165, 1.54) is 7.11 Å². The smallest absolute Gasteiger partial charge is 0.313 e. The summed E-state index contributed by atoms with van der Waals surface area (Å²) in [6.45, 7) is 6.97. The van der Waals surface area contributed by atoms with E-state index in [1.807, 2.05) is 20.8 Å². The molecular formula is C14H25NO4. The number of carboxylic acid groups (broad SMARTS) is 1. The van der Waals surface area contributed by atoms with Crippen LogP contribution in [-0.4, -0.2) is 48.7 Å². The molecule has 0 radical (unpaired) electrons. The van der Waals surface area contributed by atoms with Crippen LogP contribution in [0, 0.1) is 17.3 Å². The summed E-state index contributed by atoms with van der Waals surface area (Å²) in [4.78, 5) is 25.6. The molecule has 0 saturated carbocycles. The Kier molecular flexibility index (Phi) is 5.35. The molecule has 1 heterocycles. The van der Waals surface area contributed by atoms with Crippen molar-refractivity contribution in [1.29, 1.82) is 0 Å². The second-order valence-electron chi connectivity index (χ2n) is 5.91. The summed E-state index contributed by atoms with van der Waals surface area (Å²) in [6.07, 6.45) is 1.28. The van der Waals surface area contributed by atoms with Gasteiger partial charge in [-0.15, -0.1) is 0 Å². The monoisotopic (exact) mass is 271 g/mol. The van der Waals surface area contributed by atoms with E-state index in [-0.39, 0.29) is 30.9 Å². The summed E-state index contributed by atoms with van der Waals surface area (Å²) < 4.78 is 5.06. The van der Waals surface area contributed by atoms with Gasteiger partial charge in [0.1, 0.15) is 5.41 Å². The van der Waals surface area contributed by atoms with Crippen LogP contribution in [0.2, 0.25) is 0 Å². The molecule has 19 heavy (non-hydrogen) atoms. The fourth-order valence-corrected chi connectivity index (χ4v) is 2.52. The van der Waals surface area contributed by atoms with Crippen molar-refractivity contribution < 1.29 is 19.4 Å². The third-order valence-corrected chi connectivity index (χ3v) is 4.15. The van der Waals surface area contributed by atoms with Gasteiger partial charge in [0, 0.05) is 26.1 Å². The molecule has 0 bridgehead atoms. The number of likely N-dealkylation sites (tertiary alicyclic amines) is 1. The first kappa shape index (κ1) is 16.0. The van der Waals surface area contributed by atoms with E-state index in [1.54, 1.807) is 4.90 Å². The van der Waals surface area contributed by atoms with E-state index < -0.39 is 11.4 Å². The van der Waals surface area contributed by atoms with Gasteiger partial charge in [0.15, 0.2) is 0 Å². The van der Waals surface area contributed by atoms with Crippen LogP contribution in [0.4, 0.5) is 0 Å². The van der Waals surface area contributed by atoms with Gasteiger partial charge in [-0.05, 0) is 18.8 Å². The second kappa shape index (κ2) is 6.37. The highest BCUT2D eigenvalue weighted by Gasteiger charge is 2.44. The Bertz CT molecular complexity index is 338. The molecule has 5 nitrogen and oxygen atoms in total. The predicted molar refractivity (Wildman–Crippen MR) is 71.8 cm³/mol. The van der Waals surface area contributed by atoms with Crippen LogP contribution in [0.15, 0.2) is 0 Å². The molecule has 5 heteroatoms. The third-order valence-electron chi connectivity index (χ3n) is 4.15. The van der Waals surface area contributed by atoms with Gasteiger partial charge in [-0.3, -0.25) is 9.59 Å². The van der Waals surface area contributed by atoms with E-state index in [4.69, 9.17) is 4.74 Å². The summed E-state index contributed by atoms with van der Waals surface area (Å²) in [5.41, 5.74) is -0.945. The number of amides is 1. The number of carbonyl (C=O) groups excluding carboxylic acids is 1. The van der Waals surface area contributed by atoms with Crippen LogP contribution in [-0.2, 0) is 14.3 Å². The Labute approximate surface area is 114 Å². The summed E-state index contributed by atoms with van der Waals surface area (Å²) in [5.74, 6) is -0.635. The molecule has 2 unspecified atom stereocenters. The topological polar surface area (TPSA) is 66.8 Å². The number of hydrogen-bond acceptors (Lipinski definition) is 3. The molecule has 110 valence electrons. The highest BCUT2D eigenvalue weighted by atomic mass is 16.5. The van der Waals surface area contributed by atoms with Crippen LogP contribution in [0.5, 0.6) is 0 Å². The number of methoxy groups -OCH3 is 1. The first-order valence-corrected chi connectivity index (χ1v) is 6.85. The average Bonchev–Trinajstić information content (AvgIpc) is 2.37. The lowest BCUT2D eigenvalue weighted by Gasteiger charge is -2.40. The average molecular weight is 271 g/mol. The maximum absolute atomic E-state index is 12.3. The zero-order chi connectivity index (χ0) is 14.6. The lowest BCUT2D eigenvalue weighted by atomic mass is 9.80. The number of ether oxygens (including phenoxy) is 1. The van der Waals surface area contributed by atoms with Crippen molar-refractivity contribution in [1.82, 2.24) is 4.90 Å². The third kappa shape index (κ3) is 3.47. The Morgan fingerprint density at radius 3 is 2.47 bits per heavy atom. The molecule has 1 rings (SSSR count). The van der Waals surface area contributed by atoms with E-state index in [0.717, 1.165) is 0 Å². The first-order chi connectivity index (χ1) is 8.84. The molecule has 1 amide bonds. The SMILES string of the molecule is COCC1(C(=O)O)CCCN(C(=O)C(C)C(C)C)C1. The van der Waals surface area contributed by atoms with E-state index in [9.17, 15) is 14.7 Å². The quantitative estimate of drug-likeness (QED) is 0.825. The highest BCUT2D eigenvalue weighted by Crippen LogP contribution is 2.32. The number of aliphatic carboxylic acids is 1.